The van der Waals surface area contributed by atoms with Crippen LogP contribution < -0.4 is 30.6 Å². The Morgan fingerprint density at radius 3 is 1.32 bits per heavy atom. The van der Waals surface area contributed by atoms with E-state index in [1.807, 2.05) is 18.2 Å². The average molecular weight is 1960 g/mol. The van der Waals surface area contributed by atoms with Gasteiger partial charge in [-0.3, -0.25) is 44.7 Å². The number of halogens is 10. The van der Waals surface area contributed by atoms with E-state index in [-0.39, 0.29) is 63.0 Å². The molecule has 16 rings (SSSR count). The standard InChI is InChI=1S/C23H24ClF2N5O3SSi.C17H10ClF2N5O2S.C10H8ClF2N3O.C8H6N2O2S.C7H4N2O2S.C6H3BrN2S.C6H16OSi/c1-36(2,3)10-9-33-13-31-20(15-11-14(24)6-7-18(15)34-23(25)26)17(12-28-31)29-22(32)21-19-16(30-35-21)5-4-8-27-19;18-8-3-4-12(27-17(19)20)9(6-8)13-11(7-22-24-13)23-16(26)15-14-10(25-28-15)2-1-5-21-14;11-5-1-2-8(17-10(12)13)6(3-5)9-7(14)4-15-16-9;1-12-8(11)7-6-5(10-13-7)3-2-4-9-6;10-7(11)6-5-4(9-12-6)2-1-3-8-5;7-6-5-4(9-10-6)2-1-3-8-5;1-7-5-6-8(2,3)4/h4-8,11-12,23H,9-10,13H2,1-3H3,(H,29,32);1-7,17H,(H,22,24)(H,23,26);1-4,10H,14H2,(H,15,16);2-4H,1H3;1-3H,(H,10,11);1-3H;5-6H2,1-4H3. The molecule has 7 N–H and O–H groups in total. The normalized spacial score (nSPS) is 11.1. The van der Waals surface area contributed by atoms with E-state index < -0.39 is 53.8 Å². The first-order chi connectivity index (χ1) is 59.3. The fourth-order valence-corrected chi connectivity index (χ4v) is 16.5. The number of hydrogen-bond acceptors (Lipinski definition) is 29. The maximum absolute atomic E-state index is 13.2. The minimum absolute atomic E-state index is 0.0136. The molecule has 0 aliphatic carbocycles. The molecule has 0 unspecified atom stereocenters. The highest BCUT2D eigenvalue weighted by atomic mass is 79.9. The van der Waals surface area contributed by atoms with Gasteiger partial charge in [0.05, 0.1) is 59.8 Å². The number of nitrogens with two attached hydrogens (primary N) is 1. The smallest absolute Gasteiger partial charge is 0.387 e. The summed E-state index contributed by atoms with van der Waals surface area (Å²) >= 11 is 26.9. The van der Waals surface area contributed by atoms with Crippen LogP contribution in [0.3, 0.4) is 0 Å². The molecular weight excluding hydrogens is 1880 g/mol. The summed E-state index contributed by atoms with van der Waals surface area (Å²) in [6.07, 6.45) is 12.3. The molecular formula is C77H71BrCl3F6N19O11S5Si2. The molecule has 16 aromatic rings. The third-order valence-electron chi connectivity index (χ3n) is 16.3. The van der Waals surface area contributed by atoms with E-state index in [1.54, 1.807) is 80.6 Å². The fraction of sp³-hybridized carbons (Fsp3) is 0.208. The number of rotatable bonds is 23. The Balaban J connectivity index is 0.000000161. The van der Waals surface area contributed by atoms with Crippen molar-refractivity contribution in [3.05, 3.63) is 203 Å². The Kier molecular flexibility index (Phi) is 34.5. The van der Waals surface area contributed by atoms with Crippen molar-refractivity contribution in [1.29, 1.82) is 0 Å². The van der Waals surface area contributed by atoms with Gasteiger partial charge in [-0.1, -0.05) is 74.1 Å². The van der Waals surface area contributed by atoms with Gasteiger partial charge in [-0.15, -0.1) is 0 Å². The van der Waals surface area contributed by atoms with Crippen molar-refractivity contribution in [2.45, 2.75) is 77.9 Å². The van der Waals surface area contributed by atoms with Gasteiger partial charge in [0.2, 0.25) is 0 Å². The average Bonchev–Trinajstić information content (AvgIpc) is 1.59. The highest BCUT2D eigenvalue weighted by molar-refractivity contribution is 9.11. The van der Waals surface area contributed by atoms with E-state index in [0.717, 1.165) is 79.1 Å². The maximum atomic E-state index is 13.2. The number of carboxylic acid groups (broad SMARTS) is 1. The number of nitrogens with zero attached hydrogens (tertiary/aromatic N) is 14. The SMILES string of the molecule is Brc1snc2cccnc12.COC(=O)c1snc2cccnc12.COCC[Si](C)(C)C.C[Si](C)(C)CCOCn1ncc(NC(=O)c2snc3cccnc23)c1-c1cc(Cl)ccc1OC(F)F.Nc1cn[nH]c1-c1cc(Cl)ccc1OC(F)F.O=C(Nc1cn[nH]c1-c1cc(Cl)ccc1OC(F)F)c1snc2cccnc12.O=C(O)c1snc2cccnc12. The lowest BCUT2D eigenvalue weighted by atomic mass is 10.1. The molecule has 0 fully saturated rings. The van der Waals surface area contributed by atoms with Crippen LogP contribution in [0.4, 0.5) is 43.4 Å². The highest BCUT2D eigenvalue weighted by Crippen LogP contribution is 2.41. The predicted octanol–water partition coefficient (Wildman–Crippen LogP) is 21.2. The lowest BCUT2D eigenvalue weighted by Gasteiger charge is -2.17. The fourth-order valence-electron chi connectivity index (χ4n) is 10.5. The number of aromatic amines is 2. The zero-order chi connectivity index (χ0) is 89.4. The van der Waals surface area contributed by atoms with E-state index in [2.05, 4.69) is 152 Å². The molecule has 0 spiro atoms. The van der Waals surface area contributed by atoms with Crippen LogP contribution in [0, 0.1) is 0 Å². The zero-order valence-corrected chi connectivity index (χ0v) is 76.0. The number of methoxy groups -OCH3 is 2. The highest BCUT2D eigenvalue weighted by Gasteiger charge is 2.27. The summed E-state index contributed by atoms with van der Waals surface area (Å²) < 4.78 is 128. The van der Waals surface area contributed by atoms with Crippen LogP contribution in [0.15, 0.2) is 169 Å². The molecule has 0 aliphatic rings. The summed E-state index contributed by atoms with van der Waals surface area (Å²) in [6, 6.07) is 32.8. The number of fused-ring (bicyclic) bond motifs is 5. The lowest BCUT2D eigenvalue weighted by molar-refractivity contribution is -0.0501. The van der Waals surface area contributed by atoms with Crippen molar-refractivity contribution in [2.24, 2.45) is 0 Å². The first kappa shape index (κ1) is 95.1. The molecule has 13 aromatic heterocycles. The zero-order valence-electron chi connectivity index (χ0n) is 66.0. The number of nitrogen functional groups attached to an aromatic ring is 1. The first-order valence-electron chi connectivity index (χ1n) is 36.1. The number of carbonyl (C=O) groups is 4. The monoisotopic (exact) mass is 1950 g/mol. The summed E-state index contributed by atoms with van der Waals surface area (Å²) in [5.74, 6) is -2.50. The predicted molar refractivity (Wildman–Crippen MR) is 478 cm³/mol. The second-order valence-corrected chi connectivity index (χ2v) is 45.3. The number of anilines is 3. The number of carbonyl (C=O) groups excluding carboxylic acids is 3. The molecule has 648 valence electrons. The van der Waals surface area contributed by atoms with Gasteiger partial charge >= 0.3 is 31.8 Å². The third-order valence-corrected chi connectivity index (χ3v) is 25.2. The molecule has 2 amide bonds. The Bertz CT molecular complexity index is 6300. The largest absolute Gasteiger partial charge is 0.477 e. The topological polar surface area (TPSA) is 398 Å². The molecule has 0 radical (unpaired) electrons. The van der Waals surface area contributed by atoms with Gasteiger partial charge < -0.3 is 49.9 Å². The van der Waals surface area contributed by atoms with Crippen LogP contribution in [-0.2, 0) is 20.9 Å². The quantitative estimate of drug-likeness (QED) is 0.0150. The number of amides is 2. The molecule has 3 aromatic carbocycles. The summed E-state index contributed by atoms with van der Waals surface area (Å²) in [5.41, 5.74) is 14.8. The first-order valence-corrected chi connectivity index (χ1v) is 49.3. The van der Waals surface area contributed by atoms with Crippen LogP contribution in [0.25, 0.3) is 88.9 Å². The maximum Gasteiger partial charge on any atom is 0.387 e. The van der Waals surface area contributed by atoms with Crippen molar-refractivity contribution < 1.29 is 79.0 Å². The molecule has 0 saturated heterocycles. The Hall–Kier alpha value is -11.1. The van der Waals surface area contributed by atoms with Crippen LogP contribution in [-0.4, -0.2) is 169 Å². The van der Waals surface area contributed by atoms with E-state index in [0.29, 0.717) is 97.6 Å². The van der Waals surface area contributed by atoms with E-state index in [1.165, 1.54) is 103 Å². The number of benzene rings is 3. The van der Waals surface area contributed by atoms with E-state index >= 15 is 0 Å². The number of carboxylic acids is 1. The molecule has 0 saturated carbocycles. The molecule has 30 nitrogen and oxygen atoms in total. The number of nitrogens with one attached hydrogen (secondary N) is 4. The lowest BCUT2D eigenvalue weighted by Crippen LogP contribution is -2.22. The Labute approximate surface area is 746 Å². The number of aromatic carboxylic acids is 1. The van der Waals surface area contributed by atoms with Crippen molar-refractivity contribution in [3.63, 3.8) is 0 Å². The van der Waals surface area contributed by atoms with Gasteiger partial charge in [0, 0.05) is 99.2 Å². The number of alkyl halides is 6. The van der Waals surface area contributed by atoms with Crippen molar-refractivity contribution in [2.75, 3.05) is 43.8 Å². The Morgan fingerprint density at radius 1 is 0.508 bits per heavy atom. The van der Waals surface area contributed by atoms with E-state index in [9.17, 15) is 45.5 Å². The molecule has 47 heteroatoms. The molecule has 124 heavy (non-hydrogen) atoms. The van der Waals surface area contributed by atoms with Gasteiger partial charge in [-0.05, 0) is 201 Å². The van der Waals surface area contributed by atoms with Crippen molar-refractivity contribution in [3.8, 4) is 51.0 Å². The van der Waals surface area contributed by atoms with Gasteiger partial charge in [0.1, 0.15) is 92.7 Å². The van der Waals surface area contributed by atoms with Gasteiger partial charge in [-0.2, -0.15) is 63.5 Å². The van der Waals surface area contributed by atoms with Crippen LogP contribution in [0.5, 0.6) is 17.2 Å². The minimum Gasteiger partial charge on any atom is -0.477 e. The number of aromatic nitrogens is 16. The van der Waals surface area contributed by atoms with Crippen molar-refractivity contribution >= 4 is 221 Å². The third kappa shape index (κ3) is 26.7. The number of H-pyrrole nitrogens is 2. The molecule has 13 heterocycles. The van der Waals surface area contributed by atoms with Gasteiger partial charge in [0.25, 0.3) is 11.8 Å². The minimum atomic E-state index is -3.05. The second-order valence-electron chi connectivity index (χ2n) is 27.5. The van der Waals surface area contributed by atoms with Gasteiger partial charge in [-0.25, -0.2) is 14.3 Å². The van der Waals surface area contributed by atoms with Crippen LogP contribution in [0.1, 0.15) is 38.7 Å². The summed E-state index contributed by atoms with van der Waals surface area (Å²) in [7, 11) is 0.984. The van der Waals surface area contributed by atoms with Gasteiger partial charge in [0.15, 0.2) is 9.75 Å². The van der Waals surface area contributed by atoms with E-state index in [4.69, 9.17) is 59.9 Å². The van der Waals surface area contributed by atoms with Crippen LogP contribution in [0.2, 0.25) is 66.4 Å². The Morgan fingerprint density at radius 2 is 0.895 bits per heavy atom. The molecule has 0 bridgehead atoms. The number of hydrogen-bond donors (Lipinski definition) is 6. The summed E-state index contributed by atoms with van der Waals surface area (Å²) in [6.45, 7) is 6.28. The molecule has 0 aliphatic heterocycles. The number of ether oxygens (including phenoxy) is 6. The number of pyridine rings is 5. The molecule has 0 atom stereocenters. The summed E-state index contributed by atoms with van der Waals surface area (Å²) in [5, 5.41) is 32.4. The summed E-state index contributed by atoms with van der Waals surface area (Å²) in [4.78, 5) is 69.5. The van der Waals surface area contributed by atoms with Crippen LogP contribution >= 0.6 is 108 Å². The number of esters is 1. The van der Waals surface area contributed by atoms with Crippen molar-refractivity contribution in [1.82, 2.24) is 77.0 Å². The second kappa shape index (κ2) is 45.0.